The topological polar surface area (TPSA) is 75.4 Å². The number of benzene rings is 2. The number of fused-ring (bicyclic) bond motifs is 1. The predicted molar refractivity (Wildman–Crippen MR) is 131 cm³/mol. The van der Waals surface area contributed by atoms with E-state index in [1.165, 1.54) is 13.2 Å². The Morgan fingerprint density at radius 1 is 1.18 bits per heavy atom. The van der Waals surface area contributed by atoms with Gasteiger partial charge in [-0.25, -0.2) is 0 Å². The highest BCUT2D eigenvalue weighted by Crippen LogP contribution is 2.45. The van der Waals surface area contributed by atoms with Crippen LogP contribution >= 0.6 is 11.6 Å². The van der Waals surface area contributed by atoms with Crippen molar-refractivity contribution < 1.29 is 19.0 Å². The summed E-state index contributed by atoms with van der Waals surface area (Å²) >= 11 is 6.52. The number of likely N-dealkylation sites (tertiary alicyclic amines) is 1. The zero-order valence-electron chi connectivity index (χ0n) is 19.5. The average molecular weight is 473 g/mol. The number of aliphatic hydroxyl groups excluding tert-OH is 1. The molecular weight excluding hydrogens is 444 g/mol. The fourth-order valence-electron chi connectivity index (χ4n) is 4.70. The van der Waals surface area contributed by atoms with Gasteiger partial charge in [0.1, 0.15) is 28.2 Å². The molecule has 2 atom stereocenters. The summed E-state index contributed by atoms with van der Waals surface area (Å²) in [6.07, 6.45) is 0.796. The van der Waals surface area contributed by atoms with Gasteiger partial charge in [-0.2, -0.15) is 0 Å². The minimum Gasteiger partial charge on any atom is -0.496 e. The maximum atomic E-state index is 13.4. The summed E-state index contributed by atoms with van der Waals surface area (Å²) in [4.78, 5) is 17.4. The third-order valence-electron chi connectivity index (χ3n) is 6.52. The predicted octanol–water partition coefficient (Wildman–Crippen LogP) is 3.98. The molecule has 1 N–H and O–H groups in total. The van der Waals surface area contributed by atoms with Gasteiger partial charge in [0.2, 0.25) is 0 Å². The first-order valence-electron chi connectivity index (χ1n) is 10.8. The molecule has 1 aromatic heterocycles. The molecule has 2 heterocycles. The summed E-state index contributed by atoms with van der Waals surface area (Å²) in [5, 5.41) is 10.9. The standard InChI is InChI=1S/C25H29ClN2O5/c1-27(2)14-6-7-17(26)16(10-14)20-11-19(30)24-22(32-5)12-21(31-4)23(25(24)33-20)15-8-9-28(3)18(15)13-29/h6-7,10-12,15,18,29H,8-9,13H2,1-5H3/t15-,18+/m0/s1. The number of aliphatic hydroxyl groups is 1. The van der Waals surface area contributed by atoms with E-state index in [1.54, 1.807) is 19.2 Å². The van der Waals surface area contributed by atoms with Crippen LogP contribution in [-0.2, 0) is 0 Å². The summed E-state index contributed by atoms with van der Waals surface area (Å²) in [5.41, 5.74) is 2.48. The molecule has 8 heteroatoms. The maximum Gasteiger partial charge on any atom is 0.197 e. The van der Waals surface area contributed by atoms with Gasteiger partial charge in [0.15, 0.2) is 5.43 Å². The van der Waals surface area contributed by atoms with Crippen molar-refractivity contribution in [1.82, 2.24) is 4.90 Å². The van der Waals surface area contributed by atoms with Crippen LogP contribution in [0.2, 0.25) is 5.02 Å². The van der Waals surface area contributed by atoms with Crippen LogP contribution in [0.25, 0.3) is 22.3 Å². The molecule has 3 aromatic rings. The molecule has 0 bridgehead atoms. The largest absolute Gasteiger partial charge is 0.496 e. The molecule has 0 spiro atoms. The Morgan fingerprint density at radius 2 is 1.91 bits per heavy atom. The number of likely N-dealkylation sites (N-methyl/N-ethyl adjacent to an activating group) is 1. The number of hydrogen-bond acceptors (Lipinski definition) is 7. The first-order chi connectivity index (χ1) is 15.8. The summed E-state index contributed by atoms with van der Waals surface area (Å²) in [6, 6.07) is 8.64. The van der Waals surface area contributed by atoms with Crippen LogP contribution in [0.15, 0.2) is 39.5 Å². The lowest BCUT2D eigenvalue weighted by Crippen LogP contribution is -2.32. The quantitative estimate of drug-likeness (QED) is 0.581. The van der Waals surface area contributed by atoms with Gasteiger partial charge in [-0.05, 0) is 38.2 Å². The van der Waals surface area contributed by atoms with Crippen molar-refractivity contribution in [3.05, 3.63) is 51.1 Å². The second kappa shape index (κ2) is 9.25. The number of rotatable bonds is 6. The Labute approximate surface area is 198 Å². The first kappa shape index (κ1) is 23.4. The van der Waals surface area contributed by atoms with Crippen molar-refractivity contribution in [2.45, 2.75) is 18.4 Å². The highest BCUT2D eigenvalue weighted by atomic mass is 35.5. The Morgan fingerprint density at radius 3 is 2.55 bits per heavy atom. The van der Waals surface area contributed by atoms with E-state index in [4.69, 9.17) is 25.5 Å². The van der Waals surface area contributed by atoms with Crippen LogP contribution in [0.4, 0.5) is 5.69 Å². The molecule has 1 aliphatic heterocycles. The van der Waals surface area contributed by atoms with Gasteiger partial charge in [-0.3, -0.25) is 4.79 Å². The van der Waals surface area contributed by atoms with Gasteiger partial charge in [-0.1, -0.05) is 11.6 Å². The van der Waals surface area contributed by atoms with Crippen molar-refractivity contribution in [3.63, 3.8) is 0 Å². The van der Waals surface area contributed by atoms with Crippen molar-refractivity contribution in [1.29, 1.82) is 0 Å². The van der Waals surface area contributed by atoms with E-state index in [-0.39, 0.29) is 24.0 Å². The zero-order valence-corrected chi connectivity index (χ0v) is 20.3. The molecule has 2 aromatic carbocycles. The third kappa shape index (κ3) is 4.05. The molecule has 4 rings (SSSR count). The molecule has 1 aliphatic rings. The highest BCUT2D eigenvalue weighted by Gasteiger charge is 2.37. The monoisotopic (exact) mass is 472 g/mol. The Bertz CT molecular complexity index is 1240. The summed E-state index contributed by atoms with van der Waals surface area (Å²) in [7, 11) is 8.94. The van der Waals surface area contributed by atoms with E-state index in [0.717, 1.165) is 24.2 Å². The van der Waals surface area contributed by atoms with Crippen molar-refractivity contribution in [3.8, 4) is 22.8 Å². The first-order valence-corrected chi connectivity index (χ1v) is 11.2. The molecular formula is C25H29ClN2O5. The molecule has 0 aliphatic carbocycles. The Hall–Kier alpha value is -2.74. The lowest BCUT2D eigenvalue weighted by Gasteiger charge is -2.25. The summed E-state index contributed by atoms with van der Waals surface area (Å²) in [5.74, 6) is 1.23. The van der Waals surface area contributed by atoms with Crippen LogP contribution in [0.3, 0.4) is 0 Å². The maximum absolute atomic E-state index is 13.4. The van der Waals surface area contributed by atoms with Gasteiger partial charge in [0.25, 0.3) is 0 Å². The fraction of sp³-hybridized carbons (Fsp3) is 0.400. The molecule has 0 radical (unpaired) electrons. The lowest BCUT2D eigenvalue weighted by molar-refractivity contribution is 0.171. The third-order valence-corrected chi connectivity index (χ3v) is 6.85. The van der Waals surface area contributed by atoms with Gasteiger partial charge in [0, 0.05) is 55.0 Å². The zero-order chi connectivity index (χ0) is 23.9. The Balaban J connectivity index is 2.05. The number of halogens is 1. The number of methoxy groups -OCH3 is 2. The van der Waals surface area contributed by atoms with E-state index in [0.29, 0.717) is 38.8 Å². The van der Waals surface area contributed by atoms with Crippen molar-refractivity contribution >= 4 is 28.3 Å². The second-order valence-corrected chi connectivity index (χ2v) is 8.97. The van der Waals surface area contributed by atoms with E-state index in [1.807, 2.05) is 38.2 Å². The van der Waals surface area contributed by atoms with E-state index in [2.05, 4.69) is 4.90 Å². The SMILES string of the molecule is COc1cc(OC)c2c(=O)cc(-c3cc(N(C)C)ccc3Cl)oc2c1[C@H]1CCN(C)[C@@H]1CO. The van der Waals surface area contributed by atoms with Crippen molar-refractivity contribution in [2.24, 2.45) is 0 Å². The van der Waals surface area contributed by atoms with Crippen molar-refractivity contribution in [2.75, 3.05) is 53.4 Å². The lowest BCUT2D eigenvalue weighted by atomic mass is 9.89. The smallest absolute Gasteiger partial charge is 0.197 e. The van der Waals surface area contributed by atoms with E-state index in [9.17, 15) is 9.90 Å². The van der Waals surface area contributed by atoms with Crippen LogP contribution in [0.5, 0.6) is 11.5 Å². The van der Waals surface area contributed by atoms with Gasteiger partial charge in [0.05, 0.1) is 25.8 Å². The second-order valence-electron chi connectivity index (χ2n) is 8.56. The molecule has 1 saturated heterocycles. The number of anilines is 1. The number of nitrogens with zero attached hydrogens (tertiary/aromatic N) is 2. The minimum atomic E-state index is -0.231. The normalized spacial score (nSPS) is 18.6. The van der Waals surface area contributed by atoms with Crippen LogP contribution < -0.4 is 19.8 Å². The molecule has 176 valence electrons. The minimum absolute atomic E-state index is 0.0154. The van der Waals surface area contributed by atoms with Gasteiger partial charge < -0.3 is 28.8 Å². The van der Waals surface area contributed by atoms with Crippen LogP contribution in [0, 0.1) is 0 Å². The fourth-order valence-corrected chi connectivity index (χ4v) is 4.91. The molecule has 7 nitrogen and oxygen atoms in total. The van der Waals surface area contributed by atoms with Crippen LogP contribution in [0.1, 0.15) is 17.9 Å². The summed E-state index contributed by atoms with van der Waals surface area (Å²) < 4.78 is 17.7. The molecule has 0 amide bonds. The average Bonchev–Trinajstić information content (AvgIpc) is 3.17. The Kier molecular flexibility index (Phi) is 6.56. The van der Waals surface area contributed by atoms with E-state index < -0.39 is 0 Å². The van der Waals surface area contributed by atoms with E-state index >= 15 is 0 Å². The molecule has 0 unspecified atom stereocenters. The summed E-state index contributed by atoms with van der Waals surface area (Å²) in [6.45, 7) is 0.797. The highest BCUT2D eigenvalue weighted by molar-refractivity contribution is 6.33. The molecule has 0 saturated carbocycles. The number of ether oxygens (including phenoxy) is 2. The van der Waals surface area contributed by atoms with Crippen LogP contribution in [-0.4, -0.2) is 64.6 Å². The number of hydrogen-bond donors (Lipinski definition) is 1. The molecule has 33 heavy (non-hydrogen) atoms. The van der Waals surface area contributed by atoms with Gasteiger partial charge >= 0.3 is 0 Å². The molecule has 1 fully saturated rings. The van der Waals surface area contributed by atoms with Gasteiger partial charge in [-0.15, -0.1) is 0 Å².